The molecular weight excluding hydrogens is 206 g/mol. The molecule has 0 unspecified atom stereocenters. The van der Waals surface area contributed by atoms with E-state index in [9.17, 15) is 4.79 Å². The number of nitriles is 1. The van der Waals surface area contributed by atoms with Crippen LogP contribution in [0.3, 0.4) is 0 Å². The van der Waals surface area contributed by atoms with Gasteiger partial charge in [-0.05, 0) is 36.4 Å². The molecule has 0 N–H and O–H groups in total. The lowest BCUT2D eigenvalue weighted by molar-refractivity contribution is 0.0701. The summed E-state index contributed by atoms with van der Waals surface area (Å²) in [7, 11) is 0. The molecule has 0 saturated carbocycles. The molecular formula is C12H7NO3. The van der Waals surface area contributed by atoms with E-state index in [1.165, 1.54) is 12.3 Å². The molecule has 0 aliphatic rings. The van der Waals surface area contributed by atoms with Crippen LogP contribution in [0.4, 0.5) is 0 Å². The lowest BCUT2D eigenvalue weighted by Crippen LogP contribution is -2.06. The number of hydrogen-bond donors (Lipinski definition) is 0. The number of hydrogen-bond acceptors (Lipinski definition) is 4. The Morgan fingerprint density at radius 2 is 2.00 bits per heavy atom. The minimum atomic E-state index is -0.560. The third-order valence-electron chi connectivity index (χ3n) is 1.92. The summed E-state index contributed by atoms with van der Waals surface area (Å²) >= 11 is 0. The first-order chi connectivity index (χ1) is 7.79. The van der Waals surface area contributed by atoms with E-state index in [2.05, 4.69) is 0 Å². The van der Waals surface area contributed by atoms with E-state index in [1.807, 2.05) is 6.07 Å². The predicted octanol–water partition coefficient (Wildman–Crippen LogP) is 2.37. The van der Waals surface area contributed by atoms with Crippen molar-refractivity contribution in [3.63, 3.8) is 0 Å². The molecule has 4 nitrogen and oxygen atoms in total. The van der Waals surface area contributed by atoms with E-state index in [1.54, 1.807) is 30.3 Å². The largest absolute Gasteiger partial charge is 0.457 e. The standard InChI is InChI=1S/C12H7NO3/c13-8-9-3-5-10(6-4-9)16-12(14)11-2-1-7-15-11/h1-7H. The molecule has 0 spiro atoms. The second kappa shape index (κ2) is 4.32. The van der Waals surface area contributed by atoms with Crippen LogP contribution in [0.2, 0.25) is 0 Å². The highest BCUT2D eigenvalue weighted by Crippen LogP contribution is 2.13. The van der Waals surface area contributed by atoms with E-state index in [0.29, 0.717) is 11.3 Å². The number of furan rings is 1. The van der Waals surface area contributed by atoms with Gasteiger partial charge >= 0.3 is 5.97 Å². The fourth-order valence-electron chi connectivity index (χ4n) is 1.15. The molecule has 0 aliphatic heterocycles. The first kappa shape index (κ1) is 9.99. The van der Waals surface area contributed by atoms with Crippen LogP contribution in [0.5, 0.6) is 5.75 Å². The van der Waals surface area contributed by atoms with Crippen LogP contribution in [0.1, 0.15) is 16.1 Å². The Labute approximate surface area is 91.7 Å². The third-order valence-corrected chi connectivity index (χ3v) is 1.92. The molecule has 0 bridgehead atoms. The Bertz CT molecular complexity index is 520. The molecule has 0 amide bonds. The van der Waals surface area contributed by atoms with Gasteiger partial charge in [-0.15, -0.1) is 0 Å². The van der Waals surface area contributed by atoms with Gasteiger partial charge < -0.3 is 9.15 Å². The average molecular weight is 213 g/mol. The van der Waals surface area contributed by atoms with Gasteiger partial charge in [-0.25, -0.2) is 4.79 Å². The smallest absolute Gasteiger partial charge is 0.379 e. The van der Waals surface area contributed by atoms with Gasteiger partial charge in [0.1, 0.15) is 5.75 Å². The zero-order valence-corrected chi connectivity index (χ0v) is 8.21. The van der Waals surface area contributed by atoms with E-state index >= 15 is 0 Å². The molecule has 0 atom stereocenters. The Kier molecular flexibility index (Phi) is 2.70. The zero-order valence-electron chi connectivity index (χ0n) is 8.21. The van der Waals surface area contributed by atoms with Crippen molar-refractivity contribution >= 4 is 5.97 Å². The van der Waals surface area contributed by atoms with Crippen molar-refractivity contribution < 1.29 is 13.9 Å². The maximum Gasteiger partial charge on any atom is 0.379 e. The lowest BCUT2D eigenvalue weighted by atomic mass is 10.2. The molecule has 16 heavy (non-hydrogen) atoms. The average Bonchev–Trinajstić information content (AvgIpc) is 2.83. The Morgan fingerprint density at radius 1 is 1.25 bits per heavy atom. The predicted molar refractivity (Wildman–Crippen MR) is 54.8 cm³/mol. The molecule has 0 saturated heterocycles. The van der Waals surface area contributed by atoms with Gasteiger partial charge in [-0.1, -0.05) is 0 Å². The normalized spacial score (nSPS) is 9.44. The summed E-state index contributed by atoms with van der Waals surface area (Å²) in [5, 5.41) is 8.59. The van der Waals surface area contributed by atoms with E-state index in [-0.39, 0.29) is 5.76 Å². The summed E-state index contributed by atoms with van der Waals surface area (Å²) in [4.78, 5) is 11.4. The van der Waals surface area contributed by atoms with Gasteiger partial charge in [-0.3, -0.25) is 0 Å². The molecule has 2 aromatic rings. The van der Waals surface area contributed by atoms with Crippen LogP contribution in [-0.2, 0) is 0 Å². The Hall–Kier alpha value is -2.54. The van der Waals surface area contributed by atoms with Crippen LogP contribution in [0.25, 0.3) is 0 Å². The van der Waals surface area contributed by atoms with Crippen LogP contribution in [-0.4, -0.2) is 5.97 Å². The number of esters is 1. The Balaban J connectivity index is 2.10. The topological polar surface area (TPSA) is 63.2 Å². The fourth-order valence-corrected chi connectivity index (χ4v) is 1.15. The summed E-state index contributed by atoms with van der Waals surface area (Å²) in [6, 6.07) is 11.4. The highest BCUT2D eigenvalue weighted by molar-refractivity contribution is 5.88. The zero-order chi connectivity index (χ0) is 11.4. The van der Waals surface area contributed by atoms with Gasteiger partial charge in [0, 0.05) is 0 Å². The van der Waals surface area contributed by atoms with Crippen LogP contribution in [0, 0.1) is 11.3 Å². The minimum Gasteiger partial charge on any atom is -0.457 e. The number of ether oxygens (including phenoxy) is 1. The van der Waals surface area contributed by atoms with Crippen LogP contribution < -0.4 is 4.74 Å². The summed E-state index contributed by atoms with van der Waals surface area (Å²) < 4.78 is 9.90. The van der Waals surface area contributed by atoms with Crippen molar-refractivity contribution in [1.29, 1.82) is 5.26 Å². The maximum absolute atomic E-state index is 11.4. The molecule has 2 rings (SSSR count). The first-order valence-corrected chi connectivity index (χ1v) is 4.55. The van der Waals surface area contributed by atoms with Crippen molar-refractivity contribution in [1.82, 2.24) is 0 Å². The second-order valence-corrected chi connectivity index (χ2v) is 3.00. The van der Waals surface area contributed by atoms with Gasteiger partial charge in [0.05, 0.1) is 17.9 Å². The van der Waals surface area contributed by atoms with Crippen molar-refractivity contribution in [3.8, 4) is 11.8 Å². The molecule has 1 aromatic heterocycles. The number of nitrogens with zero attached hydrogens (tertiary/aromatic N) is 1. The van der Waals surface area contributed by atoms with Gasteiger partial charge in [0.25, 0.3) is 0 Å². The third kappa shape index (κ3) is 2.10. The summed E-state index contributed by atoms with van der Waals surface area (Å²) in [5.74, 6) is -0.0422. The fraction of sp³-hybridized carbons (Fsp3) is 0. The lowest BCUT2D eigenvalue weighted by Gasteiger charge is -2.01. The first-order valence-electron chi connectivity index (χ1n) is 4.55. The number of carbonyl (C=O) groups is 1. The minimum absolute atomic E-state index is 0.143. The molecule has 0 radical (unpaired) electrons. The van der Waals surface area contributed by atoms with E-state index in [0.717, 1.165) is 0 Å². The van der Waals surface area contributed by atoms with Gasteiger partial charge in [0.2, 0.25) is 5.76 Å². The number of benzene rings is 1. The van der Waals surface area contributed by atoms with Crippen molar-refractivity contribution in [3.05, 3.63) is 54.0 Å². The highest BCUT2D eigenvalue weighted by atomic mass is 16.5. The summed E-state index contributed by atoms with van der Waals surface area (Å²) in [5.41, 5.74) is 0.512. The monoisotopic (exact) mass is 213 g/mol. The van der Waals surface area contributed by atoms with E-state index in [4.69, 9.17) is 14.4 Å². The highest BCUT2D eigenvalue weighted by Gasteiger charge is 2.10. The summed E-state index contributed by atoms with van der Waals surface area (Å²) in [6.45, 7) is 0. The van der Waals surface area contributed by atoms with Crippen LogP contribution in [0.15, 0.2) is 47.1 Å². The molecule has 1 heterocycles. The van der Waals surface area contributed by atoms with E-state index < -0.39 is 5.97 Å². The molecule has 0 fully saturated rings. The molecule has 78 valence electrons. The maximum atomic E-state index is 11.4. The van der Waals surface area contributed by atoms with Crippen molar-refractivity contribution in [2.45, 2.75) is 0 Å². The Morgan fingerprint density at radius 3 is 2.56 bits per heavy atom. The van der Waals surface area contributed by atoms with Crippen molar-refractivity contribution in [2.24, 2.45) is 0 Å². The molecule has 1 aromatic carbocycles. The quantitative estimate of drug-likeness (QED) is 0.567. The van der Waals surface area contributed by atoms with Gasteiger partial charge in [0.15, 0.2) is 0 Å². The molecule has 0 aliphatic carbocycles. The SMILES string of the molecule is N#Cc1ccc(OC(=O)c2ccco2)cc1. The number of carbonyl (C=O) groups excluding carboxylic acids is 1. The van der Waals surface area contributed by atoms with Crippen LogP contribution >= 0.6 is 0 Å². The summed E-state index contributed by atoms with van der Waals surface area (Å²) in [6.07, 6.45) is 1.40. The van der Waals surface area contributed by atoms with Gasteiger partial charge in [-0.2, -0.15) is 5.26 Å². The molecule has 4 heteroatoms. The van der Waals surface area contributed by atoms with Crippen molar-refractivity contribution in [2.75, 3.05) is 0 Å². The second-order valence-electron chi connectivity index (χ2n) is 3.00. The number of rotatable bonds is 2.